The summed E-state index contributed by atoms with van der Waals surface area (Å²) in [5.41, 5.74) is 2.07. The molecule has 0 spiro atoms. The molecule has 11 heteroatoms. The standard InChI is InChI=1S/C28H32N6O4S/c1-27(2,3)38-26(37)33-14-12-32(13-15-33)22-10-11-29-16-19(22)30-23(35)20-17-39-25(31-20)34-21-9-7-6-8-18(21)28(4,5)24(34)36/h6-11,16-17H,12-15H2,1-5H3,(H,30,35). The Morgan fingerprint density at radius 2 is 1.77 bits per heavy atom. The number of ether oxygens (including phenoxy) is 1. The second-order valence-electron chi connectivity index (χ2n) is 11.1. The average Bonchev–Trinajstić information content (AvgIpc) is 3.45. The van der Waals surface area contributed by atoms with E-state index >= 15 is 0 Å². The Kier molecular flexibility index (Phi) is 6.79. The minimum absolute atomic E-state index is 0.0786. The molecular formula is C28H32N6O4S. The molecule has 0 bridgehead atoms. The molecule has 0 saturated carbocycles. The number of pyridine rings is 1. The van der Waals surface area contributed by atoms with Crippen LogP contribution in [0.25, 0.3) is 0 Å². The van der Waals surface area contributed by atoms with E-state index in [9.17, 15) is 14.4 Å². The van der Waals surface area contributed by atoms with Crippen LogP contribution in [0.1, 0.15) is 50.7 Å². The quantitative estimate of drug-likeness (QED) is 0.499. The number of rotatable bonds is 4. The molecule has 204 valence electrons. The Morgan fingerprint density at radius 3 is 2.49 bits per heavy atom. The zero-order valence-corrected chi connectivity index (χ0v) is 23.5. The molecule has 0 atom stereocenters. The summed E-state index contributed by atoms with van der Waals surface area (Å²) < 4.78 is 5.49. The van der Waals surface area contributed by atoms with Crippen LogP contribution in [0.2, 0.25) is 0 Å². The molecule has 2 aromatic heterocycles. The lowest BCUT2D eigenvalue weighted by atomic mass is 9.86. The van der Waals surface area contributed by atoms with Gasteiger partial charge in [0.25, 0.3) is 5.91 Å². The molecular weight excluding hydrogens is 516 g/mol. The van der Waals surface area contributed by atoms with Crippen LogP contribution in [0, 0.1) is 0 Å². The number of nitrogens with zero attached hydrogens (tertiary/aromatic N) is 5. The summed E-state index contributed by atoms with van der Waals surface area (Å²) in [5.74, 6) is -0.469. The second kappa shape index (κ2) is 9.96. The molecule has 1 aromatic carbocycles. The number of nitrogens with one attached hydrogen (secondary N) is 1. The molecule has 1 N–H and O–H groups in total. The van der Waals surface area contributed by atoms with Crippen molar-refractivity contribution in [2.45, 2.75) is 45.6 Å². The fourth-order valence-corrected chi connectivity index (χ4v) is 5.58. The fourth-order valence-electron chi connectivity index (χ4n) is 4.76. The molecule has 4 heterocycles. The Balaban J connectivity index is 1.29. The van der Waals surface area contributed by atoms with Gasteiger partial charge in [0.05, 0.1) is 28.7 Å². The second-order valence-corrected chi connectivity index (χ2v) is 11.9. The van der Waals surface area contributed by atoms with Gasteiger partial charge in [-0.25, -0.2) is 9.78 Å². The Morgan fingerprint density at radius 1 is 1.05 bits per heavy atom. The molecule has 0 radical (unpaired) electrons. The highest BCUT2D eigenvalue weighted by atomic mass is 32.1. The van der Waals surface area contributed by atoms with Gasteiger partial charge in [0.2, 0.25) is 5.91 Å². The summed E-state index contributed by atoms with van der Waals surface area (Å²) in [6, 6.07) is 9.49. The number of anilines is 4. The van der Waals surface area contributed by atoms with Gasteiger partial charge >= 0.3 is 6.09 Å². The van der Waals surface area contributed by atoms with Crippen LogP contribution in [0.4, 0.5) is 27.0 Å². The van der Waals surface area contributed by atoms with Gasteiger partial charge in [0.1, 0.15) is 11.3 Å². The van der Waals surface area contributed by atoms with Crippen LogP contribution in [0.3, 0.4) is 0 Å². The van der Waals surface area contributed by atoms with Crippen molar-refractivity contribution in [2.24, 2.45) is 0 Å². The average molecular weight is 549 g/mol. The summed E-state index contributed by atoms with van der Waals surface area (Å²) in [6.45, 7) is 11.5. The van der Waals surface area contributed by atoms with Crippen molar-refractivity contribution in [3.63, 3.8) is 0 Å². The van der Waals surface area contributed by atoms with Gasteiger partial charge in [-0.05, 0) is 52.3 Å². The smallest absolute Gasteiger partial charge is 0.410 e. The molecule has 10 nitrogen and oxygen atoms in total. The van der Waals surface area contributed by atoms with E-state index in [1.54, 1.807) is 27.6 Å². The summed E-state index contributed by atoms with van der Waals surface area (Å²) in [4.78, 5) is 53.0. The molecule has 0 unspecified atom stereocenters. The van der Waals surface area contributed by atoms with Gasteiger partial charge in [-0.15, -0.1) is 11.3 Å². The molecule has 0 aliphatic carbocycles. The topological polar surface area (TPSA) is 108 Å². The highest BCUT2D eigenvalue weighted by Crippen LogP contribution is 2.45. The maximum Gasteiger partial charge on any atom is 0.410 e. The zero-order valence-electron chi connectivity index (χ0n) is 22.7. The summed E-state index contributed by atoms with van der Waals surface area (Å²) in [7, 11) is 0. The van der Waals surface area contributed by atoms with Gasteiger partial charge in [0, 0.05) is 37.8 Å². The van der Waals surface area contributed by atoms with Crippen LogP contribution >= 0.6 is 11.3 Å². The molecule has 3 amide bonds. The van der Waals surface area contributed by atoms with Gasteiger partial charge in [0.15, 0.2) is 5.13 Å². The lowest BCUT2D eigenvalue weighted by molar-refractivity contribution is -0.121. The van der Waals surface area contributed by atoms with Gasteiger partial charge in [-0.2, -0.15) is 0 Å². The minimum atomic E-state index is -0.678. The maximum absolute atomic E-state index is 13.3. The zero-order chi connectivity index (χ0) is 27.9. The van der Waals surface area contributed by atoms with Crippen molar-refractivity contribution in [1.82, 2.24) is 14.9 Å². The number of benzene rings is 1. The molecule has 1 fully saturated rings. The third-order valence-electron chi connectivity index (χ3n) is 6.79. The van der Waals surface area contributed by atoms with Crippen LogP contribution in [0.5, 0.6) is 0 Å². The number of hydrogen-bond donors (Lipinski definition) is 1. The molecule has 1 saturated heterocycles. The number of amides is 3. The maximum atomic E-state index is 13.3. The Hall–Kier alpha value is -3.99. The first-order valence-electron chi connectivity index (χ1n) is 12.8. The fraction of sp³-hybridized carbons (Fsp3) is 0.393. The lowest BCUT2D eigenvalue weighted by Crippen LogP contribution is -2.50. The molecule has 5 rings (SSSR count). The van der Waals surface area contributed by atoms with E-state index < -0.39 is 16.9 Å². The van der Waals surface area contributed by atoms with Crippen molar-refractivity contribution in [3.05, 3.63) is 59.4 Å². The highest BCUT2D eigenvalue weighted by molar-refractivity contribution is 7.14. The van der Waals surface area contributed by atoms with Crippen LogP contribution in [0.15, 0.2) is 48.1 Å². The molecule has 2 aliphatic rings. The third kappa shape index (κ3) is 5.18. The molecule has 3 aromatic rings. The van der Waals surface area contributed by atoms with Crippen molar-refractivity contribution >= 4 is 51.4 Å². The van der Waals surface area contributed by atoms with E-state index in [0.29, 0.717) is 37.0 Å². The Labute approximate surface area is 231 Å². The number of aromatic nitrogens is 2. The number of fused-ring (bicyclic) bond motifs is 1. The van der Waals surface area contributed by atoms with E-state index in [1.165, 1.54) is 11.3 Å². The Bertz CT molecular complexity index is 1420. The first kappa shape index (κ1) is 26.6. The SMILES string of the molecule is CC(C)(C)OC(=O)N1CCN(c2ccncc2NC(=O)c2csc(N3C(=O)C(C)(C)c4ccccc43)n2)CC1. The number of carbonyl (C=O) groups excluding carboxylic acids is 3. The van der Waals surface area contributed by atoms with E-state index in [2.05, 4.69) is 20.2 Å². The largest absolute Gasteiger partial charge is 0.444 e. The summed E-state index contributed by atoms with van der Waals surface area (Å²) in [5, 5.41) is 5.04. The number of para-hydroxylation sites is 1. The third-order valence-corrected chi connectivity index (χ3v) is 7.62. The van der Waals surface area contributed by atoms with E-state index in [4.69, 9.17) is 4.74 Å². The van der Waals surface area contributed by atoms with Crippen molar-refractivity contribution < 1.29 is 19.1 Å². The highest BCUT2D eigenvalue weighted by Gasteiger charge is 2.45. The molecule has 2 aliphatic heterocycles. The van der Waals surface area contributed by atoms with Crippen molar-refractivity contribution in [1.29, 1.82) is 0 Å². The normalized spacial score (nSPS) is 16.7. The van der Waals surface area contributed by atoms with Gasteiger partial charge in [-0.3, -0.25) is 19.5 Å². The predicted octanol–water partition coefficient (Wildman–Crippen LogP) is 4.80. The van der Waals surface area contributed by atoms with Gasteiger partial charge < -0.3 is 19.9 Å². The van der Waals surface area contributed by atoms with Crippen molar-refractivity contribution in [2.75, 3.05) is 41.3 Å². The van der Waals surface area contributed by atoms with Gasteiger partial charge in [-0.1, -0.05) is 18.2 Å². The number of carbonyl (C=O) groups is 3. The first-order valence-corrected chi connectivity index (χ1v) is 13.7. The van der Waals surface area contributed by atoms with Crippen LogP contribution in [-0.2, 0) is 14.9 Å². The van der Waals surface area contributed by atoms with E-state index in [1.807, 2.05) is 65.0 Å². The number of piperazine rings is 1. The van der Waals surface area contributed by atoms with Crippen LogP contribution in [-0.4, -0.2) is 64.6 Å². The molecule has 39 heavy (non-hydrogen) atoms. The minimum Gasteiger partial charge on any atom is -0.444 e. The first-order chi connectivity index (χ1) is 18.5. The predicted molar refractivity (Wildman–Crippen MR) is 151 cm³/mol. The van der Waals surface area contributed by atoms with E-state index in [0.717, 1.165) is 16.9 Å². The number of hydrogen-bond acceptors (Lipinski definition) is 8. The number of thiazole rings is 1. The lowest BCUT2D eigenvalue weighted by Gasteiger charge is -2.37. The summed E-state index contributed by atoms with van der Waals surface area (Å²) in [6.07, 6.45) is 2.95. The van der Waals surface area contributed by atoms with E-state index in [-0.39, 0.29) is 17.7 Å². The monoisotopic (exact) mass is 548 g/mol. The van der Waals surface area contributed by atoms with Crippen LogP contribution < -0.4 is 15.1 Å². The van der Waals surface area contributed by atoms with Crippen molar-refractivity contribution in [3.8, 4) is 0 Å². The summed E-state index contributed by atoms with van der Waals surface area (Å²) >= 11 is 1.25.